The minimum atomic E-state index is -0.263. The maximum Gasteiger partial charge on any atom is 0.333 e. The van der Waals surface area contributed by atoms with Crippen molar-refractivity contribution in [3.63, 3.8) is 0 Å². The minimum Gasteiger partial charge on any atom is -0.466 e. The molecule has 0 spiro atoms. The van der Waals surface area contributed by atoms with E-state index in [0.717, 1.165) is 12.8 Å². The summed E-state index contributed by atoms with van der Waals surface area (Å²) in [6.45, 7) is 12.5. The molecule has 88 valence electrons. The third-order valence-corrected chi connectivity index (χ3v) is 3.36. The first-order valence-corrected chi connectivity index (χ1v) is 5.76. The molecular weight excluding hydrogens is 188 g/mol. The Hall–Kier alpha value is -0.790. The van der Waals surface area contributed by atoms with Gasteiger partial charge in [0, 0.05) is 5.57 Å². The van der Waals surface area contributed by atoms with Crippen molar-refractivity contribution in [2.75, 3.05) is 7.11 Å². The van der Waals surface area contributed by atoms with Crippen molar-refractivity contribution in [2.45, 2.75) is 40.5 Å². The predicted octanol–water partition coefficient (Wildman–Crippen LogP) is 3.42. The maximum absolute atomic E-state index is 11.5. The van der Waals surface area contributed by atoms with Gasteiger partial charge in [-0.05, 0) is 17.8 Å². The fourth-order valence-corrected chi connectivity index (χ4v) is 2.02. The van der Waals surface area contributed by atoms with Crippen molar-refractivity contribution >= 4 is 5.97 Å². The molecule has 0 aliphatic heterocycles. The standard InChI is InChI=1S/C13H24O2/c1-7-9(3)12(10(4)8-2)11(5)13(14)15-6/h9-10,12H,5,7-8H2,1-4,6H3. The molecule has 2 nitrogen and oxygen atoms in total. The Morgan fingerprint density at radius 2 is 1.60 bits per heavy atom. The summed E-state index contributed by atoms with van der Waals surface area (Å²) in [6, 6.07) is 0. The number of methoxy groups -OCH3 is 1. The summed E-state index contributed by atoms with van der Waals surface area (Å²) in [7, 11) is 1.41. The molecule has 0 amide bonds. The van der Waals surface area contributed by atoms with E-state index in [0.29, 0.717) is 17.4 Å². The van der Waals surface area contributed by atoms with Crippen molar-refractivity contribution in [3.8, 4) is 0 Å². The zero-order valence-corrected chi connectivity index (χ0v) is 10.7. The molecule has 0 rings (SSSR count). The van der Waals surface area contributed by atoms with Gasteiger partial charge in [-0.25, -0.2) is 4.79 Å². The van der Waals surface area contributed by atoms with Crippen LogP contribution in [0.15, 0.2) is 12.2 Å². The molecule has 0 aromatic heterocycles. The number of hydrogen-bond donors (Lipinski definition) is 0. The van der Waals surface area contributed by atoms with E-state index in [1.165, 1.54) is 7.11 Å². The third kappa shape index (κ3) is 3.69. The van der Waals surface area contributed by atoms with E-state index in [4.69, 9.17) is 4.74 Å². The van der Waals surface area contributed by atoms with Gasteiger partial charge < -0.3 is 4.74 Å². The Bertz CT molecular complexity index is 211. The molecule has 2 heteroatoms. The molecule has 15 heavy (non-hydrogen) atoms. The van der Waals surface area contributed by atoms with Crippen LogP contribution in [0.5, 0.6) is 0 Å². The van der Waals surface area contributed by atoms with Crippen LogP contribution in [-0.4, -0.2) is 13.1 Å². The molecule has 0 aliphatic rings. The van der Waals surface area contributed by atoms with Crippen molar-refractivity contribution in [2.24, 2.45) is 17.8 Å². The van der Waals surface area contributed by atoms with Gasteiger partial charge in [0.05, 0.1) is 7.11 Å². The number of hydrogen-bond acceptors (Lipinski definition) is 2. The summed E-state index contributed by atoms with van der Waals surface area (Å²) >= 11 is 0. The zero-order chi connectivity index (χ0) is 12.0. The summed E-state index contributed by atoms with van der Waals surface area (Å²) in [5.74, 6) is 0.936. The molecule has 0 heterocycles. The molecule has 2 unspecified atom stereocenters. The monoisotopic (exact) mass is 212 g/mol. The Kier molecular flexibility index (Phi) is 6.30. The zero-order valence-electron chi connectivity index (χ0n) is 10.7. The highest BCUT2D eigenvalue weighted by Gasteiger charge is 2.28. The molecule has 0 aromatic rings. The molecule has 0 fully saturated rings. The second kappa shape index (κ2) is 6.65. The molecule has 2 atom stereocenters. The molecule has 0 saturated heterocycles. The van der Waals surface area contributed by atoms with Crippen LogP contribution in [0.4, 0.5) is 0 Å². The van der Waals surface area contributed by atoms with Gasteiger partial charge in [-0.2, -0.15) is 0 Å². The number of rotatable bonds is 6. The van der Waals surface area contributed by atoms with Gasteiger partial charge >= 0.3 is 5.97 Å². The minimum absolute atomic E-state index is 0.243. The first-order valence-electron chi connectivity index (χ1n) is 5.76. The highest BCUT2D eigenvalue weighted by atomic mass is 16.5. The van der Waals surface area contributed by atoms with Gasteiger partial charge in [0.1, 0.15) is 0 Å². The topological polar surface area (TPSA) is 26.3 Å². The summed E-state index contributed by atoms with van der Waals surface area (Å²) < 4.78 is 4.74. The maximum atomic E-state index is 11.5. The van der Waals surface area contributed by atoms with Crippen LogP contribution in [0.2, 0.25) is 0 Å². The number of ether oxygens (including phenoxy) is 1. The van der Waals surface area contributed by atoms with E-state index in [-0.39, 0.29) is 11.9 Å². The predicted molar refractivity (Wildman–Crippen MR) is 63.6 cm³/mol. The summed E-state index contributed by atoms with van der Waals surface area (Å²) in [6.07, 6.45) is 2.12. The summed E-state index contributed by atoms with van der Waals surface area (Å²) in [5, 5.41) is 0. The van der Waals surface area contributed by atoms with E-state index in [1.807, 2.05) is 0 Å². The molecular formula is C13H24O2. The highest BCUT2D eigenvalue weighted by molar-refractivity contribution is 5.88. The number of carbonyl (C=O) groups excluding carboxylic acids is 1. The molecule has 0 aromatic carbocycles. The van der Waals surface area contributed by atoms with Gasteiger partial charge in [0.25, 0.3) is 0 Å². The van der Waals surface area contributed by atoms with Crippen molar-refractivity contribution < 1.29 is 9.53 Å². The second-order valence-corrected chi connectivity index (χ2v) is 4.31. The molecule has 0 aliphatic carbocycles. The van der Waals surface area contributed by atoms with Crippen LogP contribution >= 0.6 is 0 Å². The van der Waals surface area contributed by atoms with E-state index in [9.17, 15) is 4.79 Å². The van der Waals surface area contributed by atoms with Crippen LogP contribution in [0, 0.1) is 17.8 Å². The Labute approximate surface area is 93.7 Å². The van der Waals surface area contributed by atoms with Crippen molar-refractivity contribution in [1.82, 2.24) is 0 Å². The smallest absolute Gasteiger partial charge is 0.333 e. The molecule has 0 N–H and O–H groups in total. The van der Waals surface area contributed by atoms with Crippen molar-refractivity contribution in [1.29, 1.82) is 0 Å². The average Bonchev–Trinajstić information content (AvgIpc) is 2.27. The highest BCUT2D eigenvalue weighted by Crippen LogP contribution is 2.32. The molecule has 0 bridgehead atoms. The fraction of sp³-hybridized carbons (Fsp3) is 0.769. The largest absolute Gasteiger partial charge is 0.466 e. The molecule has 0 saturated carbocycles. The van der Waals surface area contributed by atoms with Gasteiger partial charge in [0.2, 0.25) is 0 Å². The third-order valence-electron chi connectivity index (χ3n) is 3.36. The first kappa shape index (κ1) is 14.2. The van der Waals surface area contributed by atoms with Crippen LogP contribution in [-0.2, 0) is 9.53 Å². The van der Waals surface area contributed by atoms with Gasteiger partial charge in [-0.15, -0.1) is 0 Å². The van der Waals surface area contributed by atoms with Crippen molar-refractivity contribution in [3.05, 3.63) is 12.2 Å². The number of esters is 1. The van der Waals surface area contributed by atoms with E-state index < -0.39 is 0 Å². The SMILES string of the molecule is C=C(C(=O)OC)C(C(C)CC)C(C)CC. The quantitative estimate of drug-likeness (QED) is 0.498. The van der Waals surface area contributed by atoms with Gasteiger partial charge in [0.15, 0.2) is 0 Å². The molecule has 0 radical (unpaired) electrons. The van der Waals surface area contributed by atoms with E-state index >= 15 is 0 Å². The normalized spacial score (nSPS) is 16.6. The Balaban J connectivity index is 4.77. The van der Waals surface area contributed by atoms with Crippen LogP contribution in [0.3, 0.4) is 0 Å². The summed E-state index contributed by atoms with van der Waals surface area (Å²) in [5.41, 5.74) is 0.626. The number of carbonyl (C=O) groups is 1. The van der Waals surface area contributed by atoms with Gasteiger partial charge in [-0.1, -0.05) is 47.1 Å². The van der Waals surface area contributed by atoms with Gasteiger partial charge in [-0.3, -0.25) is 0 Å². The Morgan fingerprint density at radius 1 is 1.20 bits per heavy atom. The van der Waals surface area contributed by atoms with Crippen LogP contribution < -0.4 is 0 Å². The van der Waals surface area contributed by atoms with E-state index in [2.05, 4.69) is 34.3 Å². The fourth-order valence-electron chi connectivity index (χ4n) is 2.02. The lowest BCUT2D eigenvalue weighted by Gasteiger charge is -2.29. The second-order valence-electron chi connectivity index (χ2n) is 4.31. The van der Waals surface area contributed by atoms with Crippen LogP contribution in [0.25, 0.3) is 0 Å². The lowest BCUT2D eigenvalue weighted by atomic mass is 9.76. The Morgan fingerprint density at radius 3 is 1.87 bits per heavy atom. The lowest BCUT2D eigenvalue weighted by molar-refractivity contribution is -0.137. The van der Waals surface area contributed by atoms with E-state index in [1.54, 1.807) is 0 Å². The first-order chi connectivity index (χ1) is 6.99. The van der Waals surface area contributed by atoms with Crippen LogP contribution in [0.1, 0.15) is 40.5 Å². The lowest BCUT2D eigenvalue weighted by Crippen LogP contribution is -2.25. The summed E-state index contributed by atoms with van der Waals surface area (Å²) in [4.78, 5) is 11.5. The average molecular weight is 212 g/mol.